The highest BCUT2D eigenvalue weighted by molar-refractivity contribution is 5.68. The SMILES string of the molecule is CCCCCCC(CCCCCCCCC1CC1CCCCCCCC(=O)OC)N(C)C. The summed E-state index contributed by atoms with van der Waals surface area (Å²) in [6.45, 7) is 2.30. The van der Waals surface area contributed by atoms with Crippen LogP contribution in [0.4, 0.5) is 0 Å². The molecule has 0 spiro atoms. The molecule has 0 N–H and O–H groups in total. The van der Waals surface area contributed by atoms with Crippen molar-refractivity contribution in [3.8, 4) is 0 Å². The average molecular weight is 452 g/mol. The van der Waals surface area contributed by atoms with Gasteiger partial charge in [0.1, 0.15) is 0 Å². The number of hydrogen-bond acceptors (Lipinski definition) is 3. The number of esters is 1. The van der Waals surface area contributed by atoms with Gasteiger partial charge < -0.3 is 9.64 Å². The number of ether oxygens (including phenoxy) is 1. The predicted molar refractivity (Wildman–Crippen MR) is 139 cm³/mol. The molecule has 0 radical (unpaired) electrons. The first-order valence-electron chi connectivity index (χ1n) is 14.3. The molecule has 3 unspecified atom stereocenters. The van der Waals surface area contributed by atoms with Crippen LogP contribution in [-0.4, -0.2) is 38.1 Å². The van der Waals surface area contributed by atoms with Gasteiger partial charge in [0.25, 0.3) is 0 Å². The molecule has 0 heterocycles. The molecule has 1 saturated carbocycles. The van der Waals surface area contributed by atoms with E-state index in [4.69, 9.17) is 0 Å². The second-order valence-electron chi connectivity index (χ2n) is 10.8. The Hall–Kier alpha value is -0.570. The van der Waals surface area contributed by atoms with Crippen LogP contribution in [0.3, 0.4) is 0 Å². The van der Waals surface area contributed by atoms with Gasteiger partial charge >= 0.3 is 5.97 Å². The van der Waals surface area contributed by atoms with E-state index in [1.54, 1.807) is 0 Å². The summed E-state index contributed by atoms with van der Waals surface area (Å²) in [6.07, 6.45) is 28.3. The molecule has 0 aliphatic heterocycles. The molecule has 0 amide bonds. The highest BCUT2D eigenvalue weighted by Gasteiger charge is 2.34. The second-order valence-corrected chi connectivity index (χ2v) is 10.8. The zero-order valence-corrected chi connectivity index (χ0v) is 22.3. The van der Waals surface area contributed by atoms with Gasteiger partial charge in [-0.1, -0.05) is 110 Å². The predicted octanol–water partition coefficient (Wildman–Crippen LogP) is 8.55. The highest BCUT2D eigenvalue weighted by atomic mass is 16.5. The van der Waals surface area contributed by atoms with Gasteiger partial charge in [-0.05, 0) is 51.6 Å². The van der Waals surface area contributed by atoms with Crippen molar-refractivity contribution in [1.82, 2.24) is 4.90 Å². The molecule has 1 aliphatic rings. The van der Waals surface area contributed by atoms with Gasteiger partial charge in [0.05, 0.1) is 7.11 Å². The molecule has 0 aromatic carbocycles. The second kappa shape index (κ2) is 19.9. The Morgan fingerprint density at radius 1 is 0.750 bits per heavy atom. The quantitative estimate of drug-likeness (QED) is 0.115. The first-order chi connectivity index (χ1) is 15.6. The van der Waals surface area contributed by atoms with Gasteiger partial charge in [0.2, 0.25) is 0 Å². The van der Waals surface area contributed by atoms with Gasteiger partial charge in [0.15, 0.2) is 0 Å². The number of carbonyl (C=O) groups is 1. The van der Waals surface area contributed by atoms with Gasteiger partial charge in [-0.15, -0.1) is 0 Å². The van der Waals surface area contributed by atoms with E-state index in [2.05, 4.69) is 30.7 Å². The molecule has 1 fully saturated rings. The van der Waals surface area contributed by atoms with Crippen LogP contribution in [0.1, 0.15) is 142 Å². The van der Waals surface area contributed by atoms with E-state index < -0.39 is 0 Å². The molecule has 1 rings (SSSR count). The minimum Gasteiger partial charge on any atom is -0.469 e. The molecule has 190 valence electrons. The first-order valence-corrected chi connectivity index (χ1v) is 14.3. The van der Waals surface area contributed by atoms with E-state index in [-0.39, 0.29) is 5.97 Å². The third-order valence-electron chi connectivity index (χ3n) is 7.74. The van der Waals surface area contributed by atoms with Crippen LogP contribution in [0.25, 0.3) is 0 Å². The molecule has 0 aromatic heterocycles. The summed E-state index contributed by atoms with van der Waals surface area (Å²) in [4.78, 5) is 13.5. The maximum absolute atomic E-state index is 11.1. The number of methoxy groups -OCH3 is 1. The number of unbranched alkanes of at least 4 members (excludes halogenated alkanes) is 12. The summed E-state index contributed by atoms with van der Waals surface area (Å²) in [5, 5.41) is 0. The van der Waals surface area contributed by atoms with Gasteiger partial charge in [0, 0.05) is 12.5 Å². The van der Waals surface area contributed by atoms with Crippen LogP contribution in [0.15, 0.2) is 0 Å². The van der Waals surface area contributed by atoms with Crippen LogP contribution in [0.2, 0.25) is 0 Å². The van der Waals surface area contributed by atoms with Crippen LogP contribution >= 0.6 is 0 Å². The fourth-order valence-corrected chi connectivity index (χ4v) is 5.29. The summed E-state index contributed by atoms with van der Waals surface area (Å²) in [7, 11) is 6.01. The monoisotopic (exact) mass is 451 g/mol. The minimum atomic E-state index is -0.0584. The number of nitrogens with zero attached hydrogens (tertiary/aromatic N) is 1. The molecule has 1 aliphatic carbocycles. The van der Waals surface area contributed by atoms with Crippen LogP contribution < -0.4 is 0 Å². The fraction of sp³-hybridized carbons (Fsp3) is 0.966. The van der Waals surface area contributed by atoms with E-state index in [1.807, 2.05) is 0 Å². The lowest BCUT2D eigenvalue weighted by Gasteiger charge is -2.24. The number of rotatable bonds is 23. The van der Waals surface area contributed by atoms with E-state index in [0.29, 0.717) is 6.42 Å². The van der Waals surface area contributed by atoms with Crippen molar-refractivity contribution in [2.45, 2.75) is 148 Å². The third-order valence-corrected chi connectivity index (χ3v) is 7.74. The van der Waals surface area contributed by atoms with E-state index >= 15 is 0 Å². The summed E-state index contributed by atoms with van der Waals surface area (Å²) >= 11 is 0. The molecule has 32 heavy (non-hydrogen) atoms. The van der Waals surface area contributed by atoms with Crippen molar-refractivity contribution in [1.29, 1.82) is 0 Å². The Kier molecular flexibility index (Phi) is 18.3. The average Bonchev–Trinajstić information content (AvgIpc) is 3.53. The summed E-state index contributed by atoms with van der Waals surface area (Å²) in [5.41, 5.74) is 0. The molecule has 3 atom stereocenters. The van der Waals surface area contributed by atoms with Crippen LogP contribution in [0, 0.1) is 11.8 Å². The lowest BCUT2D eigenvalue weighted by atomic mass is 9.99. The Balaban J connectivity index is 1.84. The molecule has 0 bridgehead atoms. The Morgan fingerprint density at radius 2 is 1.22 bits per heavy atom. The van der Waals surface area contributed by atoms with E-state index in [1.165, 1.54) is 129 Å². The largest absolute Gasteiger partial charge is 0.469 e. The summed E-state index contributed by atoms with van der Waals surface area (Å²) in [6, 6.07) is 0.804. The fourth-order valence-electron chi connectivity index (χ4n) is 5.29. The Labute approximate surface area is 201 Å². The van der Waals surface area contributed by atoms with Crippen molar-refractivity contribution in [3.05, 3.63) is 0 Å². The summed E-state index contributed by atoms with van der Waals surface area (Å²) < 4.78 is 4.69. The first kappa shape index (κ1) is 29.5. The van der Waals surface area contributed by atoms with Gasteiger partial charge in [-0.25, -0.2) is 0 Å². The zero-order valence-electron chi connectivity index (χ0n) is 22.3. The zero-order chi connectivity index (χ0) is 23.4. The van der Waals surface area contributed by atoms with Crippen LogP contribution in [-0.2, 0) is 9.53 Å². The Bertz CT molecular complexity index is 437. The number of hydrogen-bond donors (Lipinski definition) is 0. The van der Waals surface area contributed by atoms with Crippen LogP contribution in [0.5, 0.6) is 0 Å². The normalized spacial score (nSPS) is 18.8. The molecule has 0 aromatic rings. The van der Waals surface area contributed by atoms with E-state index in [0.717, 1.165) is 24.3 Å². The van der Waals surface area contributed by atoms with Crippen molar-refractivity contribution in [2.75, 3.05) is 21.2 Å². The van der Waals surface area contributed by atoms with Gasteiger partial charge in [-0.3, -0.25) is 4.79 Å². The molecule has 0 saturated heterocycles. The summed E-state index contributed by atoms with van der Waals surface area (Å²) in [5.74, 6) is 2.05. The Morgan fingerprint density at radius 3 is 1.72 bits per heavy atom. The smallest absolute Gasteiger partial charge is 0.305 e. The lowest BCUT2D eigenvalue weighted by Crippen LogP contribution is -2.27. The van der Waals surface area contributed by atoms with Gasteiger partial charge in [-0.2, -0.15) is 0 Å². The third kappa shape index (κ3) is 16.1. The van der Waals surface area contributed by atoms with Crippen molar-refractivity contribution >= 4 is 5.97 Å². The molecule has 3 heteroatoms. The maximum Gasteiger partial charge on any atom is 0.305 e. The van der Waals surface area contributed by atoms with Crippen molar-refractivity contribution in [3.63, 3.8) is 0 Å². The standard InChI is InChI=1S/C29H57NO2/c1-5-6-7-17-22-28(30(2)3)23-18-13-9-8-11-15-20-26-25-27(26)21-16-12-10-14-19-24-29(31)32-4/h26-28H,5-25H2,1-4H3. The topological polar surface area (TPSA) is 29.5 Å². The van der Waals surface area contributed by atoms with Crippen molar-refractivity contribution in [2.24, 2.45) is 11.8 Å². The number of carbonyl (C=O) groups excluding carboxylic acids is 1. The maximum atomic E-state index is 11.1. The molecular weight excluding hydrogens is 394 g/mol. The van der Waals surface area contributed by atoms with E-state index in [9.17, 15) is 4.79 Å². The van der Waals surface area contributed by atoms with Crippen molar-refractivity contribution < 1.29 is 9.53 Å². The lowest BCUT2D eigenvalue weighted by molar-refractivity contribution is -0.140. The molecular formula is C29H57NO2. The highest BCUT2D eigenvalue weighted by Crippen LogP contribution is 2.45. The molecule has 3 nitrogen and oxygen atoms in total. The minimum absolute atomic E-state index is 0.0584.